The highest BCUT2D eigenvalue weighted by atomic mass is 16.5. The second-order valence-corrected chi connectivity index (χ2v) is 5.51. The summed E-state index contributed by atoms with van der Waals surface area (Å²) in [6.45, 7) is 3.98. The predicted octanol–water partition coefficient (Wildman–Crippen LogP) is 1.54. The molecule has 0 spiro atoms. The molecule has 1 rings (SSSR count). The fraction of sp³-hybridized carbons (Fsp3) is 0.929. The van der Waals surface area contributed by atoms with E-state index in [9.17, 15) is 4.79 Å². The molecule has 1 amide bonds. The van der Waals surface area contributed by atoms with Gasteiger partial charge in [-0.1, -0.05) is 0 Å². The Labute approximate surface area is 117 Å². The van der Waals surface area contributed by atoms with Crippen molar-refractivity contribution >= 4 is 6.09 Å². The van der Waals surface area contributed by atoms with Crippen LogP contribution in [-0.2, 0) is 4.74 Å². The number of ether oxygens (including phenoxy) is 1. The van der Waals surface area contributed by atoms with Gasteiger partial charge in [-0.2, -0.15) is 0 Å². The molecule has 0 aromatic rings. The number of carbonyl (C=O) groups excluding carboxylic acids is 1. The molecule has 1 heterocycles. The lowest BCUT2D eigenvalue weighted by molar-refractivity contribution is 0.0869. The van der Waals surface area contributed by atoms with E-state index in [1.165, 1.54) is 20.0 Å². The molecule has 0 radical (unpaired) electrons. The number of carbonyl (C=O) groups is 1. The van der Waals surface area contributed by atoms with Crippen LogP contribution in [0.1, 0.15) is 32.1 Å². The second-order valence-electron chi connectivity index (χ2n) is 5.51. The highest BCUT2D eigenvalue weighted by molar-refractivity contribution is 5.67. The van der Waals surface area contributed by atoms with Crippen molar-refractivity contribution in [3.63, 3.8) is 0 Å². The number of nitrogens with zero attached hydrogens (tertiary/aromatic N) is 2. The topological polar surface area (TPSA) is 44.8 Å². The zero-order valence-corrected chi connectivity index (χ0v) is 12.7. The van der Waals surface area contributed by atoms with E-state index < -0.39 is 0 Å². The molecule has 112 valence electrons. The van der Waals surface area contributed by atoms with Gasteiger partial charge in [-0.3, -0.25) is 0 Å². The first kappa shape index (κ1) is 16.2. The van der Waals surface area contributed by atoms with Gasteiger partial charge in [-0.15, -0.1) is 0 Å². The summed E-state index contributed by atoms with van der Waals surface area (Å²) in [5, 5.41) is 3.46. The quantitative estimate of drug-likeness (QED) is 0.713. The van der Waals surface area contributed by atoms with Crippen molar-refractivity contribution in [1.82, 2.24) is 15.1 Å². The maximum absolute atomic E-state index is 11.7. The van der Waals surface area contributed by atoms with Crippen molar-refractivity contribution in [2.24, 2.45) is 0 Å². The Morgan fingerprint density at radius 2 is 2.16 bits per heavy atom. The Bertz CT molecular complexity index is 259. The van der Waals surface area contributed by atoms with Crippen molar-refractivity contribution < 1.29 is 9.53 Å². The molecule has 0 saturated carbocycles. The zero-order chi connectivity index (χ0) is 14.1. The van der Waals surface area contributed by atoms with Crippen molar-refractivity contribution in [1.29, 1.82) is 0 Å². The molecule has 0 aromatic carbocycles. The Balaban J connectivity index is 2.17. The van der Waals surface area contributed by atoms with Crippen LogP contribution in [-0.4, -0.2) is 69.3 Å². The van der Waals surface area contributed by atoms with Gasteiger partial charge in [0.15, 0.2) is 0 Å². The number of piperidine rings is 1. The number of amides is 1. The van der Waals surface area contributed by atoms with Crippen molar-refractivity contribution in [3.8, 4) is 0 Å². The molecule has 19 heavy (non-hydrogen) atoms. The van der Waals surface area contributed by atoms with Gasteiger partial charge in [-0.05, 0) is 65.8 Å². The molecule has 0 bridgehead atoms. The highest BCUT2D eigenvalue weighted by Gasteiger charge is 2.26. The number of likely N-dealkylation sites (tertiary alicyclic amines) is 1. The van der Waals surface area contributed by atoms with Gasteiger partial charge >= 0.3 is 6.09 Å². The summed E-state index contributed by atoms with van der Waals surface area (Å²) in [6.07, 6.45) is 5.45. The van der Waals surface area contributed by atoms with Crippen LogP contribution in [0.25, 0.3) is 0 Å². The summed E-state index contributed by atoms with van der Waals surface area (Å²) in [6, 6.07) is 0.350. The number of hydrogen-bond donors (Lipinski definition) is 1. The molecule has 1 fully saturated rings. The Morgan fingerprint density at radius 1 is 1.37 bits per heavy atom. The fourth-order valence-electron chi connectivity index (χ4n) is 2.57. The van der Waals surface area contributed by atoms with Crippen LogP contribution in [0.2, 0.25) is 0 Å². The first-order valence-electron chi connectivity index (χ1n) is 7.35. The lowest BCUT2D eigenvalue weighted by atomic mass is 10.00. The molecule has 1 aliphatic rings. The highest BCUT2D eigenvalue weighted by Crippen LogP contribution is 2.19. The third-order valence-corrected chi connectivity index (χ3v) is 3.65. The third kappa shape index (κ3) is 6.25. The largest absolute Gasteiger partial charge is 0.453 e. The van der Waals surface area contributed by atoms with E-state index in [0.717, 1.165) is 45.4 Å². The Morgan fingerprint density at radius 3 is 2.84 bits per heavy atom. The normalized spacial score (nSPS) is 19.8. The van der Waals surface area contributed by atoms with Gasteiger partial charge in [0.1, 0.15) is 0 Å². The molecular formula is C14H29N3O2. The lowest BCUT2D eigenvalue weighted by Crippen LogP contribution is -2.44. The summed E-state index contributed by atoms with van der Waals surface area (Å²) in [7, 11) is 5.65. The number of hydrogen-bond acceptors (Lipinski definition) is 4. The van der Waals surface area contributed by atoms with E-state index in [4.69, 9.17) is 4.74 Å². The molecular weight excluding hydrogens is 242 g/mol. The van der Waals surface area contributed by atoms with Crippen molar-refractivity contribution in [3.05, 3.63) is 0 Å². The summed E-state index contributed by atoms with van der Waals surface area (Å²) < 4.78 is 4.85. The maximum atomic E-state index is 11.7. The summed E-state index contributed by atoms with van der Waals surface area (Å²) in [5.74, 6) is 0. The van der Waals surface area contributed by atoms with E-state index in [1.807, 2.05) is 4.90 Å². The van der Waals surface area contributed by atoms with Gasteiger partial charge in [0, 0.05) is 12.6 Å². The maximum Gasteiger partial charge on any atom is 0.409 e. The van der Waals surface area contributed by atoms with Crippen molar-refractivity contribution in [2.75, 3.05) is 47.4 Å². The molecule has 1 aliphatic heterocycles. The minimum absolute atomic E-state index is 0.169. The molecule has 5 heteroatoms. The summed E-state index contributed by atoms with van der Waals surface area (Å²) in [5.41, 5.74) is 0. The molecule has 0 aromatic heterocycles. The first-order chi connectivity index (χ1) is 9.15. The second kappa shape index (κ2) is 9.15. The van der Waals surface area contributed by atoms with Gasteiger partial charge in [0.2, 0.25) is 0 Å². The average Bonchev–Trinajstić information content (AvgIpc) is 2.42. The molecule has 1 saturated heterocycles. The van der Waals surface area contributed by atoms with E-state index in [1.54, 1.807) is 0 Å². The Kier molecular flexibility index (Phi) is 7.82. The van der Waals surface area contributed by atoms with Crippen LogP contribution in [0.15, 0.2) is 0 Å². The molecule has 0 aliphatic carbocycles. The van der Waals surface area contributed by atoms with Gasteiger partial charge in [0.05, 0.1) is 7.11 Å². The van der Waals surface area contributed by atoms with Crippen LogP contribution >= 0.6 is 0 Å². The van der Waals surface area contributed by atoms with Crippen LogP contribution in [0.4, 0.5) is 4.79 Å². The third-order valence-electron chi connectivity index (χ3n) is 3.65. The SMILES string of the molecule is COC(=O)N1CCCCC1CCNCCCN(C)C. The van der Waals surface area contributed by atoms with Crippen LogP contribution < -0.4 is 5.32 Å². The van der Waals surface area contributed by atoms with Crippen LogP contribution in [0.3, 0.4) is 0 Å². The van der Waals surface area contributed by atoms with Gasteiger partial charge in [0.25, 0.3) is 0 Å². The van der Waals surface area contributed by atoms with Crippen molar-refractivity contribution in [2.45, 2.75) is 38.1 Å². The molecule has 1 unspecified atom stereocenters. The number of nitrogens with one attached hydrogen (secondary N) is 1. The first-order valence-corrected chi connectivity index (χ1v) is 7.35. The van der Waals surface area contributed by atoms with Gasteiger partial charge in [-0.25, -0.2) is 4.79 Å². The minimum Gasteiger partial charge on any atom is -0.453 e. The van der Waals surface area contributed by atoms with Crippen LogP contribution in [0.5, 0.6) is 0 Å². The molecule has 5 nitrogen and oxygen atoms in total. The molecule has 1 atom stereocenters. The summed E-state index contributed by atoms with van der Waals surface area (Å²) in [4.78, 5) is 15.8. The predicted molar refractivity (Wildman–Crippen MR) is 77.4 cm³/mol. The number of rotatable bonds is 7. The zero-order valence-electron chi connectivity index (χ0n) is 12.7. The molecule has 1 N–H and O–H groups in total. The van der Waals surface area contributed by atoms with Gasteiger partial charge < -0.3 is 19.9 Å². The van der Waals surface area contributed by atoms with E-state index in [-0.39, 0.29) is 6.09 Å². The monoisotopic (exact) mass is 271 g/mol. The minimum atomic E-state index is -0.169. The van der Waals surface area contributed by atoms with E-state index >= 15 is 0 Å². The summed E-state index contributed by atoms with van der Waals surface area (Å²) >= 11 is 0. The average molecular weight is 271 g/mol. The number of methoxy groups -OCH3 is 1. The smallest absolute Gasteiger partial charge is 0.409 e. The van der Waals surface area contributed by atoms with E-state index in [2.05, 4.69) is 24.3 Å². The van der Waals surface area contributed by atoms with Crippen LogP contribution in [0, 0.1) is 0 Å². The standard InChI is InChI=1S/C14H29N3O2/c1-16(2)11-6-9-15-10-8-13-7-4-5-12-17(13)14(18)19-3/h13,15H,4-12H2,1-3H3. The fourth-order valence-corrected chi connectivity index (χ4v) is 2.57. The Hall–Kier alpha value is -0.810. The lowest BCUT2D eigenvalue weighted by Gasteiger charge is -2.34. The van der Waals surface area contributed by atoms with E-state index in [0.29, 0.717) is 6.04 Å².